The number of fused-ring (bicyclic) bond motifs is 1. The van der Waals surface area contributed by atoms with Gasteiger partial charge < -0.3 is 4.98 Å². The van der Waals surface area contributed by atoms with Crippen LogP contribution in [0.25, 0.3) is 11.0 Å². The normalized spacial score (nSPS) is 10.9. The van der Waals surface area contributed by atoms with Crippen molar-refractivity contribution in [3.63, 3.8) is 0 Å². The number of aromatic amines is 1. The molecule has 2 aromatic rings. The number of H-pyrrole nitrogens is 1. The SMILES string of the molecule is CCCc1nc2c(C)c(Cl)c(C=O)cc2[nH]1. The number of hydrogen-bond donors (Lipinski definition) is 1. The van der Waals surface area contributed by atoms with Crippen LogP contribution in [0.2, 0.25) is 5.02 Å². The molecule has 0 aliphatic carbocycles. The molecule has 0 atom stereocenters. The summed E-state index contributed by atoms with van der Waals surface area (Å²) >= 11 is 6.07. The van der Waals surface area contributed by atoms with Crippen LogP contribution < -0.4 is 0 Å². The minimum atomic E-state index is 0.497. The molecule has 0 aliphatic rings. The number of aromatic nitrogens is 2. The third kappa shape index (κ3) is 1.71. The topological polar surface area (TPSA) is 45.8 Å². The number of aldehydes is 1. The molecule has 0 saturated carbocycles. The van der Waals surface area contributed by atoms with E-state index in [9.17, 15) is 4.79 Å². The smallest absolute Gasteiger partial charge is 0.151 e. The van der Waals surface area contributed by atoms with Crippen molar-refractivity contribution < 1.29 is 4.79 Å². The predicted octanol–water partition coefficient (Wildman–Crippen LogP) is 3.29. The molecule has 0 radical (unpaired) electrons. The van der Waals surface area contributed by atoms with E-state index in [2.05, 4.69) is 16.9 Å². The highest BCUT2D eigenvalue weighted by Crippen LogP contribution is 2.27. The molecule has 0 amide bonds. The van der Waals surface area contributed by atoms with Crippen LogP contribution in [0.1, 0.15) is 35.1 Å². The predicted molar refractivity (Wildman–Crippen MR) is 65.2 cm³/mol. The number of benzene rings is 1. The first-order chi connectivity index (χ1) is 7.67. The van der Waals surface area contributed by atoms with Crippen molar-refractivity contribution in [3.8, 4) is 0 Å². The van der Waals surface area contributed by atoms with Gasteiger partial charge >= 0.3 is 0 Å². The highest BCUT2D eigenvalue weighted by molar-refractivity contribution is 6.34. The average Bonchev–Trinajstić information content (AvgIpc) is 2.67. The van der Waals surface area contributed by atoms with E-state index < -0.39 is 0 Å². The third-order valence-corrected chi connectivity index (χ3v) is 3.13. The van der Waals surface area contributed by atoms with Crippen LogP contribution in [0, 0.1) is 6.92 Å². The summed E-state index contributed by atoms with van der Waals surface area (Å²) in [7, 11) is 0. The molecule has 3 nitrogen and oxygen atoms in total. The van der Waals surface area contributed by atoms with Gasteiger partial charge in [0.15, 0.2) is 6.29 Å². The number of rotatable bonds is 3. The Morgan fingerprint density at radius 3 is 2.94 bits per heavy atom. The molecule has 16 heavy (non-hydrogen) atoms. The quantitative estimate of drug-likeness (QED) is 0.832. The number of nitrogens with one attached hydrogen (secondary N) is 1. The average molecular weight is 237 g/mol. The number of aryl methyl sites for hydroxylation is 2. The largest absolute Gasteiger partial charge is 0.342 e. The Bertz CT molecular complexity index is 545. The van der Waals surface area contributed by atoms with E-state index >= 15 is 0 Å². The van der Waals surface area contributed by atoms with E-state index in [0.29, 0.717) is 10.6 Å². The number of nitrogens with zero attached hydrogens (tertiary/aromatic N) is 1. The van der Waals surface area contributed by atoms with Crippen LogP contribution in [0.5, 0.6) is 0 Å². The first kappa shape index (κ1) is 11.1. The van der Waals surface area contributed by atoms with Crippen molar-refractivity contribution in [3.05, 3.63) is 28.0 Å². The van der Waals surface area contributed by atoms with E-state index in [1.54, 1.807) is 6.07 Å². The molecular formula is C12H13ClN2O. The zero-order chi connectivity index (χ0) is 11.7. The van der Waals surface area contributed by atoms with Gasteiger partial charge in [0.1, 0.15) is 5.82 Å². The minimum absolute atomic E-state index is 0.497. The van der Waals surface area contributed by atoms with E-state index in [1.165, 1.54) is 0 Å². The van der Waals surface area contributed by atoms with Gasteiger partial charge in [-0.2, -0.15) is 0 Å². The molecule has 0 saturated heterocycles. The fraction of sp³-hybridized carbons (Fsp3) is 0.333. The summed E-state index contributed by atoms with van der Waals surface area (Å²) in [6.07, 6.45) is 2.71. The van der Waals surface area contributed by atoms with Crippen molar-refractivity contribution in [2.75, 3.05) is 0 Å². The molecule has 0 fully saturated rings. The molecule has 1 heterocycles. The highest BCUT2D eigenvalue weighted by Gasteiger charge is 2.11. The lowest BCUT2D eigenvalue weighted by molar-refractivity contribution is 0.112. The summed E-state index contributed by atoms with van der Waals surface area (Å²) in [5, 5.41) is 0.497. The van der Waals surface area contributed by atoms with Crippen LogP contribution in [0.15, 0.2) is 6.07 Å². The van der Waals surface area contributed by atoms with Crippen molar-refractivity contribution in [2.24, 2.45) is 0 Å². The molecule has 1 aromatic heterocycles. The minimum Gasteiger partial charge on any atom is -0.342 e. The summed E-state index contributed by atoms with van der Waals surface area (Å²) in [6, 6.07) is 1.75. The second-order valence-corrected chi connectivity index (χ2v) is 4.23. The number of carbonyl (C=O) groups excluding carboxylic acids is 1. The summed E-state index contributed by atoms with van der Waals surface area (Å²) in [6.45, 7) is 3.98. The van der Waals surface area contributed by atoms with E-state index in [1.807, 2.05) is 6.92 Å². The van der Waals surface area contributed by atoms with E-state index in [-0.39, 0.29) is 0 Å². The second kappa shape index (κ2) is 4.26. The molecule has 84 valence electrons. The lowest BCUT2D eigenvalue weighted by atomic mass is 10.1. The van der Waals surface area contributed by atoms with Crippen molar-refractivity contribution in [1.82, 2.24) is 9.97 Å². The molecule has 1 N–H and O–H groups in total. The second-order valence-electron chi connectivity index (χ2n) is 3.85. The van der Waals surface area contributed by atoms with Crippen molar-refractivity contribution >= 4 is 28.9 Å². The Labute approximate surface area is 98.8 Å². The lowest BCUT2D eigenvalue weighted by Gasteiger charge is -2.01. The van der Waals surface area contributed by atoms with Gasteiger partial charge in [-0.05, 0) is 25.0 Å². The zero-order valence-corrected chi connectivity index (χ0v) is 10.1. The molecular weight excluding hydrogens is 224 g/mol. The van der Waals surface area contributed by atoms with Gasteiger partial charge in [-0.25, -0.2) is 4.98 Å². The number of carbonyl (C=O) groups is 1. The van der Waals surface area contributed by atoms with Gasteiger partial charge in [0.05, 0.1) is 16.1 Å². The van der Waals surface area contributed by atoms with Crippen LogP contribution in [0.3, 0.4) is 0 Å². The zero-order valence-electron chi connectivity index (χ0n) is 9.30. The van der Waals surface area contributed by atoms with Gasteiger partial charge in [-0.3, -0.25) is 4.79 Å². The first-order valence-electron chi connectivity index (χ1n) is 5.30. The van der Waals surface area contributed by atoms with Gasteiger partial charge in [0.2, 0.25) is 0 Å². The fourth-order valence-corrected chi connectivity index (χ4v) is 2.00. The van der Waals surface area contributed by atoms with Gasteiger partial charge in [-0.15, -0.1) is 0 Å². The van der Waals surface area contributed by atoms with Crippen LogP contribution in [-0.2, 0) is 6.42 Å². The Morgan fingerprint density at radius 1 is 1.56 bits per heavy atom. The summed E-state index contributed by atoms with van der Waals surface area (Å²) in [5.74, 6) is 0.944. The van der Waals surface area contributed by atoms with Gasteiger partial charge in [-0.1, -0.05) is 18.5 Å². The van der Waals surface area contributed by atoms with E-state index in [4.69, 9.17) is 11.6 Å². The molecule has 0 unspecified atom stereocenters. The summed E-state index contributed by atoms with van der Waals surface area (Å²) in [5.41, 5.74) is 3.12. The number of hydrogen-bond acceptors (Lipinski definition) is 2. The third-order valence-electron chi connectivity index (χ3n) is 2.63. The maximum atomic E-state index is 10.8. The molecule has 2 rings (SSSR count). The Morgan fingerprint density at radius 2 is 2.31 bits per heavy atom. The van der Waals surface area contributed by atoms with Crippen LogP contribution in [0.4, 0.5) is 0 Å². The molecule has 0 aliphatic heterocycles. The standard InChI is InChI=1S/C12H13ClN2O/c1-3-4-10-14-9-5-8(6-16)11(13)7(2)12(9)15-10/h5-6H,3-4H2,1-2H3,(H,14,15). The monoisotopic (exact) mass is 236 g/mol. The summed E-state index contributed by atoms with van der Waals surface area (Å²) in [4.78, 5) is 18.5. The number of imidazole rings is 1. The van der Waals surface area contributed by atoms with Crippen LogP contribution in [-0.4, -0.2) is 16.3 Å². The highest BCUT2D eigenvalue weighted by atomic mass is 35.5. The fourth-order valence-electron chi connectivity index (χ4n) is 1.81. The number of halogens is 1. The maximum Gasteiger partial charge on any atom is 0.151 e. The Kier molecular flexibility index (Phi) is 2.97. The van der Waals surface area contributed by atoms with Gasteiger partial charge in [0.25, 0.3) is 0 Å². The molecule has 4 heteroatoms. The Balaban J connectivity index is 2.67. The Hall–Kier alpha value is -1.35. The molecule has 0 spiro atoms. The van der Waals surface area contributed by atoms with Crippen molar-refractivity contribution in [2.45, 2.75) is 26.7 Å². The molecule has 0 bridgehead atoms. The maximum absolute atomic E-state index is 10.8. The first-order valence-corrected chi connectivity index (χ1v) is 5.68. The molecule has 1 aromatic carbocycles. The van der Waals surface area contributed by atoms with E-state index in [0.717, 1.165) is 41.5 Å². The lowest BCUT2D eigenvalue weighted by Crippen LogP contribution is -1.87. The van der Waals surface area contributed by atoms with Crippen LogP contribution >= 0.6 is 11.6 Å². The summed E-state index contributed by atoms with van der Waals surface area (Å²) < 4.78 is 0. The van der Waals surface area contributed by atoms with Gasteiger partial charge in [0, 0.05) is 12.0 Å². The van der Waals surface area contributed by atoms with Crippen molar-refractivity contribution in [1.29, 1.82) is 0 Å².